The van der Waals surface area contributed by atoms with Crippen LogP contribution in [0.1, 0.15) is 5.76 Å². The van der Waals surface area contributed by atoms with Crippen LogP contribution in [0.3, 0.4) is 0 Å². The molecule has 2 rings (SSSR count). The third kappa shape index (κ3) is 4.27. The molecule has 1 heterocycles. The normalized spacial score (nSPS) is 11.3. The van der Waals surface area contributed by atoms with Crippen molar-refractivity contribution >= 4 is 21.8 Å². The maximum atomic E-state index is 11.9. The Morgan fingerprint density at radius 1 is 1.17 bits per heavy atom. The molecule has 2 aromatic rings. The minimum absolute atomic E-state index is 0.0761. The van der Waals surface area contributed by atoms with Crippen molar-refractivity contribution < 1.29 is 27.1 Å². The first kappa shape index (κ1) is 17.8. The van der Waals surface area contributed by atoms with E-state index in [-0.39, 0.29) is 11.7 Å². The number of anilines is 1. The first-order chi connectivity index (χ1) is 11.3. The summed E-state index contributed by atoms with van der Waals surface area (Å²) < 4.78 is 40.2. The minimum atomic E-state index is -3.60. The molecule has 1 aromatic heterocycles. The summed E-state index contributed by atoms with van der Waals surface area (Å²) in [5.74, 6) is 0.922. The van der Waals surface area contributed by atoms with Gasteiger partial charge in [-0.2, -0.15) is 0 Å². The van der Waals surface area contributed by atoms with E-state index in [4.69, 9.17) is 9.15 Å². The maximum Gasteiger partial charge on any atom is 0.411 e. The lowest BCUT2D eigenvalue weighted by atomic mass is 10.3. The first-order valence-corrected chi connectivity index (χ1v) is 8.36. The third-order valence-electron chi connectivity index (χ3n) is 3.04. The van der Waals surface area contributed by atoms with E-state index >= 15 is 0 Å². The van der Waals surface area contributed by atoms with Gasteiger partial charge >= 0.3 is 6.09 Å². The van der Waals surface area contributed by atoms with Gasteiger partial charge in [-0.05, 0) is 36.4 Å². The second kappa shape index (κ2) is 7.37. The molecule has 8 nitrogen and oxygen atoms in total. The molecule has 1 amide bonds. The van der Waals surface area contributed by atoms with Crippen LogP contribution in [0.2, 0.25) is 0 Å². The molecule has 0 radical (unpaired) electrons. The van der Waals surface area contributed by atoms with E-state index < -0.39 is 16.1 Å². The molecule has 0 saturated carbocycles. The van der Waals surface area contributed by atoms with Crippen LogP contribution in [0.15, 0.2) is 45.9 Å². The van der Waals surface area contributed by atoms with Crippen molar-refractivity contribution in [3.63, 3.8) is 0 Å². The summed E-state index contributed by atoms with van der Waals surface area (Å²) in [7, 11) is 0.536. The van der Waals surface area contributed by atoms with Crippen LogP contribution in [0.5, 0.6) is 5.75 Å². The van der Waals surface area contributed by atoms with Crippen LogP contribution in [-0.4, -0.2) is 40.0 Å². The fourth-order valence-corrected chi connectivity index (χ4v) is 2.52. The predicted octanol–water partition coefficient (Wildman–Crippen LogP) is 2.29. The van der Waals surface area contributed by atoms with Gasteiger partial charge in [0.15, 0.2) is 0 Å². The Bertz CT molecular complexity index is 796. The Morgan fingerprint density at radius 3 is 2.42 bits per heavy atom. The number of nitrogens with one attached hydrogen (secondary N) is 1. The van der Waals surface area contributed by atoms with Crippen LogP contribution >= 0.6 is 0 Å². The van der Waals surface area contributed by atoms with E-state index in [0.29, 0.717) is 17.2 Å². The Kier molecular flexibility index (Phi) is 5.47. The molecule has 0 saturated heterocycles. The highest BCUT2D eigenvalue weighted by molar-refractivity contribution is 7.88. The van der Waals surface area contributed by atoms with Crippen molar-refractivity contribution in [1.82, 2.24) is 4.31 Å². The average Bonchev–Trinajstić information content (AvgIpc) is 3.03. The number of hydrogen-bond acceptors (Lipinski definition) is 6. The summed E-state index contributed by atoms with van der Waals surface area (Å²) in [5, 5.41) is 2.38. The van der Waals surface area contributed by atoms with Gasteiger partial charge in [0.2, 0.25) is 5.09 Å². The summed E-state index contributed by atoms with van der Waals surface area (Å²) >= 11 is 0. The van der Waals surface area contributed by atoms with Crippen LogP contribution in [0.25, 0.3) is 0 Å². The Morgan fingerprint density at radius 2 is 1.83 bits per heavy atom. The fourth-order valence-electron chi connectivity index (χ4n) is 1.71. The van der Waals surface area contributed by atoms with E-state index in [1.54, 1.807) is 30.3 Å². The lowest BCUT2D eigenvalue weighted by Crippen LogP contribution is -2.21. The quantitative estimate of drug-likeness (QED) is 0.855. The van der Waals surface area contributed by atoms with Crippen molar-refractivity contribution in [1.29, 1.82) is 0 Å². The van der Waals surface area contributed by atoms with Crippen LogP contribution in [0, 0.1) is 0 Å². The molecular weight excluding hydrogens is 336 g/mol. The van der Waals surface area contributed by atoms with E-state index in [9.17, 15) is 13.2 Å². The number of benzene rings is 1. The second-order valence-electron chi connectivity index (χ2n) is 4.94. The summed E-state index contributed by atoms with van der Waals surface area (Å²) in [6.45, 7) is 0.0761. The molecule has 0 atom stereocenters. The molecule has 0 fully saturated rings. The van der Waals surface area contributed by atoms with Crippen molar-refractivity contribution in [3.05, 3.63) is 42.2 Å². The van der Waals surface area contributed by atoms with Gasteiger partial charge in [0, 0.05) is 19.8 Å². The molecule has 0 unspecified atom stereocenters. The zero-order valence-electron chi connectivity index (χ0n) is 13.5. The molecule has 1 aromatic carbocycles. The van der Waals surface area contributed by atoms with Crippen molar-refractivity contribution in [2.45, 2.75) is 11.7 Å². The van der Waals surface area contributed by atoms with Gasteiger partial charge < -0.3 is 13.9 Å². The van der Waals surface area contributed by atoms with Crippen molar-refractivity contribution in [3.8, 4) is 5.75 Å². The molecule has 24 heavy (non-hydrogen) atoms. The molecular formula is C15H18N2O6S. The summed E-state index contributed by atoms with van der Waals surface area (Å²) in [5.41, 5.74) is 0.562. The number of nitrogens with zero attached hydrogens (tertiary/aromatic N) is 1. The van der Waals surface area contributed by atoms with E-state index in [0.717, 1.165) is 4.31 Å². The van der Waals surface area contributed by atoms with Gasteiger partial charge in [-0.25, -0.2) is 17.5 Å². The molecule has 9 heteroatoms. The molecule has 0 aliphatic rings. The van der Waals surface area contributed by atoms with E-state index in [2.05, 4.69) is 10.1 Å². The monoisotopic (exact) mass is 354 g/mol. The van der Waals surface area contributed by atoms with Gasteiger partial charge in [0.25, 0.3) is 10.0 Å². The van der Waals surface area contributed by atoms with Crippen molar-refractivity contribution in [2.75, 3.05) is 26.5 Å². The molecule has 1 N–H and O–H groups in total. The minimum Gasteiger partial charge on any atom is -0.486 e. The Hall–Kier alpha value is -2.52. The van der Waals surface area contributed by atoms with Gasteiger partial charge in [-0.3, -0.25) is 5.32 Å². The fraction of sp³-hybridized carbons (Fsp3) is 0.267. The largest absolute Gasteiger partial charge is 0.486 e. The SMILES string of the molecule is COC(=O)Nc1ccc(OCc2ccc(S(=O)(=O)N(C)C)o2)cc1. The predicted molar refractivity (Wildman–Crippen MR) is 86.4 cm³/mol. The summed E-state index contributed by atoms with van der Waals surface area (Å²) in [6.07, 6.45) is -0.561. The number of hydrogen-bond donors (Lipinski definition) is 1. The zero-order valence-corrected chi connectivity index (χ0v) is 14.3. The first-order valence-electron chi connectivity index (χ1n) is 6.92. The smallest absolute Gasteiger partial charge is 0.411 e. The lowest BCUT2D eigenvalue weighted by Gasteiger charge is -2.08. The Balaban J connectivity index is 1.97. The second-order valence-corrected chi connectivity index (χ2v) is 7.02. The molecule has 0 aliphatic heterocycles. The van der Waals surface area contributed by atoms with E-state index in [1.807, 2.05) is 0 Å². The number of rotatable bonds is 6. The Labute approximate surface area is 140 Å². The highest BCUT2D eigenvalue weighted by Gasteiger charge is 2.21. The maximum absolute atomic E-state index is 11.9. The molecule has 0 bridgehead atoms. The summed E-state index contributed by atoms with van der Waals surface area (Å²) in [6, 6.07) is 9.55. The number of furan rings is 1. The van der Waals surface area contributed by atoms with E-state index in [1.165, 1.54) is 27.3 Å². The third-order valence-corrected chi connectivity index (χ3v) is 4.73. The van der Waals surface area contributed by atoms with Crippen molar-refractivity contribution in [2.24, 2.45) is 0 Å². The highest BCUT2D eigenvalue weighted by atomic mass is 32.2. The molecule has 0 spiro atoms. The van der Waals surface area contributed by atoms with Crippen LogP contribution in [0.4, 0.5) is 10.5 Å². The lowest BCUT2D eigenvalue weighted by molar-refractivity contribution is 0.187. The van der Waals surface area contributed by atoms with Gasteiger partial charge in [-0.1, -0.05) is 0 Å². The topological polar surface area (TPSA) is 98.1 Å². The number of carbonyl (C=O) groups is 1. The van der Waals surface area contributed by atoms with Gasteiger partial charge in [0.05, 0.1) is 7.11 Å². The molecule has 130 valence electrons. The number of amides is 1. The zero-order chi connectivity index (χ0) is 17.7. The number of ether oxygens (including phenoxy) is 2. The average molecular weight is 354 g/mol. The number of carbonyl (C=O) groups excluding carboxylic acids is 1. The summed E-state index contributed by atoms with van der Waals surface area (Å²) in [4.78, 5) is 11.1. The molecule has 0 aliphatic carbocycles. The van der Waals surface area contributed by atoms with Gasteiger partial charge in [-0.15, -0.1) is 0 Å². The standard InChI is InChI=1S/C15H18N2O6S/c1-17(2)24(19,20)14-9-8-13(23-14)10-22-12-6-4-11(5-7-12)16-15(18)21-3/h4-9H,10H2,1-3H3,(H,16,18). The number of methoxy groups -OCH3 is 1. The van der Waals surface area contributed by atoms with Crippen LogP contribution < -0.4 is 10.1 Å². The van der Waals surface area contributed by atoms with Gasteiger partial charge in [0.1, 0.15) is 18.1 Å². The number of sulfonamides is 1. The highest BCUT2D eigenvalue weighted by Crippen LogP contribution is 2.20. The van der Waals surface area contributed by atoms with Crippen LogP contribution in [-0.2, 0) is 21.4 Å².